The first-order chi connectivity index (χ1) is 17.9. The van der Waals surface area contributed by atoms with E-state index in [0.717, 1.165) is 47.1 Å². The maximum absolute atomic E-state index is 13.4. The van der Waals surface area contributed by atoms with Gasteiger partial charge in [0, 0.05) is 67.5 Å². The van der Waals surface area contributed by atoms with Crippen LogP contribution < -0.4 is 0 Å². The topological polar surface area (TPSA) is 50.1 Å². The molecule has 0 atom stereocenters. The van der Waals surface area contributed by atoms with Gasteiger partial charge in [0.15, 0.2) is 4.96 Å². The summed E-state index contributed by atoms with van der Waals surface area (Å²) < 4.78 is 46.5. The number of alkyl halides is 3. The minimum absolute atomic E-state index is 0.249. The van der Waals surface area contributed by atoms with E-state index in [9.17, 15) is 18.0 Å². The standard InChI is InChI=1S/C27H27F3N4O2S/c28-27(29,30)22-8-6-21(7-9-22)25(35)33(13-12-32-14-16-36-17-15-32)11-10-23-19-37-26-31-24(18-34(23)26)20-4-2-1-3-5-20/h1-9,18-19H,10-17H2. The number of hydrogen-bond acceptors (Lipinski definition) is 5. The third-order valence-electron chi connectivity index (χ3n) is 6.53. The molecule has 5 rings (SSSR count). The van der Waals surface area contributed by atoms with Crippen LogP contribution >= 0.6 is 11.3 Å². The van der Waals surface area contributed by atoms with E-state index in [1.807, 2.05) is 41.9 Å². The van der Waals surface area contributed by atoms with Crippen LogP contribution in [0.15, 0.2) is 66.2 Å². The lowest BCUT2D eigenvalue weighted by molar-refractivity contribution is -0.137. The van der Waals surface area contributed by atoms with Gasteiger partial charge in [0.1, 0.15) is 0 Å². The Labute approximate surface area is 216 Å². The molecule has 3 heterocycles. The van der Waals surface area contributed by atoms with Crippen LogP contribution in [0.4, 0.5) is 13.2 Å². The van der Waals surface area contributed by atoms with Gasteiger partial charge in [-0.05, 0) is 24.3 Å². The van der Waals surface area contributed by atoms with Gasteiger partial charge in [0.2, 0.25) is 0 Å². The minimum atomic E-state index is -4.44. The Morgan fingerprint density at radius 2 is 1.76 bits per heavy atom. The first-order valence-corrected chi connectivity index (χ1v) is 13.0. The molecule has 194 valence electrons. The molecule has 6 nitrogen and oxygen atoms in total. The Balaban J connectivity index is 1.32. The number of carbonyl (C=O) groups is 1. The number of thiazole rings is 1. The number of amides is 1. The van der Waals surface area contributed by atoms with Gasteiger partial charge in [-0.1, -0.05) is 30.3 Å². The van der Waals surface area contributed by atoms with E-state index in [2.05, 4.69) is 9.30 Å². The fourth-order valence-corrected chi connectivity index (χ4v) is 5.30. The molecule has 0 aliphatic carbocycles. The molecule has 0 saturated carbocycles. The zero-order chi connectivity index (χ0) is 25.8. The highest BCUT2D eigenvalue weighted by Crippen LogP contribution is 2.29. The molecule has 0 radical (unpaired) electrons. The summed E-state index contributed by atoms with van der Waals surface area (Å²) in [6.07, 6.45) is -1.84. The Hall–Kier alpha value is -3.21. The van der Waals surface area contributed by atoms with Crippen molar-refractivity contribution in [1.82, 2.24) is 19.2 Å². The lowest BCUT2D eigenvalue weighted by Gasteiger charge is -2.30. The van der Waals surface area contributed by atoms with Crippen LogP contribution in [-0.4, -0.2) is 71.0 Å². The zero-order valence-electron chi connectivity index (χ0n) is 20.2. The number of ether oxygens (including phenoxy) is 1. The molecule has 2 aromatic carbocycles. The molecule has 0 bridgehead atoms. The highest BCUT2D eigenvalue weighted by atomic mass is 32.1. The number of halogens is 3. The van der Waals surface area contributed by atoms with Crippen molar-refractivity contribution in [3.63, 3.8) is 0 Å². The van der Waals surface area contributed by atoms with Gasteiger partial charge >= 0.3 is 6.18 Å². The molecule has 0 spiro atoms. The van der Waals surface area contributed by atoms with E-state index >= 15 is 0 Å². The molecular weight excluding hydrogens is 501 g/mol. The number of morpholine rings is 1. The second-order valence-electron chi connectivity index (χ2n) is 8.94. The minimum Gasteiger partial charge on any atom is -0.379 e. The van der Waals surface area contributed by atoms with Crippen LogP contribution in [0.5, 0.6) is 0 Å². The molecule has 10 heteroatoms. The molecular formula is C27H27F3N4O2S. The van der Waals surface area contributed by atoms with E-state index < -0.39 is 11.7 Å². The van der Waals surface area contributed by atoms with Crippen molar-refractivity contribution in [2.75, 3.05) is 45.9 Å². The lowest BCUT2D eigenvalue weighted by Crippen LogP contribution is -2.43. The number of hydrogen-bond donors (Lipinski definition) is 0. The summed E-state index contributed by atoms with van der Waals surface area (Å²) in [7, 11) is 0. The fraction of sp³-hybridized carbons (Fsp3) is 0.333. The SMILES string of the molecule is O=C(c1ccc(C(F)(F)F)cc1)N(CCc1csc2nc(-c3ccccc3)cn12)CCN1CCOCC1. The predicted octanol–water partition coefficient (Wildman–Crippen LogP) is 5.10. The first kappa shape index (κ1) is 25.4. The maximum Gasteiger partial charge on any atom is 0.416 e. The number of fused-ring (bicyclic) bond motifs is 1. The van der Waals surface area contributed by atoms with Crippen molar-refractivity contribution < 1.29 is 22.7 Å². The number of nitrogens with zero attached hydrogens (tertiary/aromatic N) is 4. The molecule has 37 heavy (non-hydrogen) atoms. The second-order valence-corrected chi connectivity index (χ2v) is 9.78. The van der Waals surface area contributed by atoms with E-state index in [0.29, 0.717) is 39.3 Å². The number of benzene rings is 2. The van der Waals surface area contributed by atoms with Gasteiger partial charge < -0.3 is 9.64 Å². The van der Waals surface area contributed by atoms with E-state index in [4.69, 9.17) is 9.72 Å². The van der Waals surface area contributed by atoms with Gasteiger partial charge in [-0.15, -0.1) is 11.3 Å². The molecule has 1 fully saturated rings. The number of carbonyl (C=O) groups excluding carboxylic acids is 1. The summed E-state index contributed by atoms with van der Waals surface area (Å²) in [5.74, 6) is -0.274. The second kappa shape index (κ2) is 11.0. The van der Waals surface area contributed by atoms with Crippen LogP contribution in [0.25, 0.3) is 16.2 Å². The van der Waals surface area contributed by atoms with E-state index in [-0.39, 0.29) is 11.5 Å². The van der Waals surface area contributed by atoms with Gasteiger partial charge in [-0.3, -0.25) is 14.1 Å². The quantitative estimate of drug-likeness (QED) is 0.319. The van der Waals surface area contributed by atoms with Crippen LogP contribution in [0, 0.1) is 0 Å². The van der Waals surface area contributed by atoms with Crippen molar-refractivity contribution in [3.8, 4) is 11.3 Å². The van der Waals surface area contributed by atoms with Crippen molar-refractivity contribution >= 4 is 22.2 Å². The molecule has 1 aliphatic heterocycles. The smallest absolute Gasteiger partial charge is 0.379 e. The molecule has 2 aromatic heterocycles. The summed E-state index contributed by atoms with van der Waals surface area (Å²) in [5, 5.41) is 2.04. The van der Waals surface area contributed by atoms with Crippen LogP contribution in [-0.2, 0) is 17.3 Å². The zero-order valence-corrected chi connectivity index (χ0v) is 21.0. The molecule has 1 amide bonds. The number of imidazole rings is 1. The Morgan fingerprint density at radius 1 is 1.03 bits per heavy atom. The van der Waals surface area contributed by atoms with Crippen LogP contribution in [0.3, 0.4) is 0 Å². The first-order valence-electron chi connectivity index (χ1n) is 12.2. The van der Waals surface area contributed by atoms with Crippen molar-refractivity contribution in [2.45, 2.75) is 12.6 Å². The van der Waals surface area contributed by atoms with Gasteiger partial charge in [-0.25, -0.2) is 4.98 Å². The summed E-state index contributed by atoms with van der Waals surface area (Å²) >= 11 is 1.55. The number of rotatable bonds is 8. The molecule has 1 saturated heterocycles. The Kier molecular flexibility index (Phi) is 7.59. The summed E-state index contributed by atoms with van der Waals surface area (Å²) in [4.78, 5) is 23.0. The summed E-state index contributed by atoms with van der Waals surface area (Å²) in [5.41, 5.74) is 2.44. The monoisotopic (exact) mass is 528 g/mol. The largest absolute Gasteiger partial charge is 0.416 e. The fourth-order valence-electron chi connectivity index (χ4n) is 4.39. The van der Waals surface area contributed by atoms with Gasteiger partial charge in [-0.2, -0.15) is 13.2 Å². The third-order valence-corrected chi connectivity index (χ3v) is 7.42. The molecule has 0 unspecified atom stereocenters. The van der Waals surface area contributed by atoms with Crippen LogP contribution in [0.1, 0.15) is 21.6 Å². The lowest BCUT2D eigenvalue weighted by atomic mass is 10.1. The summed E-state index contributed by atoms with van der Waals surface area (Å²) in [6.45, 7) is 4.50. The normalized spacial score (nSPS) is 14.8. The average Bonchev–Trinajstić information content (AvgIpc) is 3.51. The van der Waals surface area contributed by atoms with Crippen molar-refractivity contribution in [3.05, 3.63) is 83.0 Å². The third kappa shape index (κ3) is 6.03. The number of aromatic nitrogens is 2. The van der Waals surface area contributed by atoms with Gasteiger partial charge in [0.25, 0.3) is 5.91 Å². The highest BCUT2D eigenvalue weighted by molar-refractivity contribution is 7.15. The van der Waals surface area contributed by atoms with E-state index in [1.54, 1.807) is 16.2 Å². The maximum atomic E-state index is 13.4. The molecule has 4 aromatic rings. The molecule has 0 N–H and O–H groups in total. The van der Waals surface area contributed by atoms with Crippen molar-refractivity contribution in [2.24, 2.45) is 0 Å². The van der Waals surface area contributed by atoms with E-state index in [1.165, 1.54) is 12.1 Å². The average molecular weight is 529 g/mol. The predicted molar refractivity (Wildman–Crippen MR) is 137 cm³/mol. The highest BCUT2D eigenvalue weighted by Gasteiger charge is 2.30. The summed E-state index contributed by atoms with van der Waals surface area (Å²) in [6, 6.07) is 14.4. The Morgan fingerprint density at radius 3 is 2.46 bits per heavy atom. The van der Waals surface area contributed by atoms with Gasteiger partial charge in [0.05, 0.1) is 24.5 Å². The Bertz CT molecular complexity index is 1330. The molecule has 1 aliphatic rings. The van der Waals surface area contributed by atoms with Crippen molar-refractivity contribution in [1.29, 1.82) is 0 Å². The van der Waals surface area contributed by atoms with Crippen LogP contribution in [0.2, 0.25) is 0 Å².